The summed E-state index contributed by atoms with van der Waals surface area (Å²) < 4.78 is 0. The average Bonchev–Trinajstić information content (AvgIpc) is 2.82. The minimum Gasteiger partial charge on any atom is -0.381 e. The first-order valence-electron chi connectivity index (χ1n) is 5.16. The van der Waals surface area contributed by atoms with Crippen LogP contribution >= 0.6 is 22.9 Å². The third-order valence-corrected chi connectivity index (χ3v) is 3.92. The van der Waals surface area contributed by atoms with E-state index in [9.17, 15) is 0 Å². The molecule has 0 bridgehead atoms. The molecule has 1 aliphatic rings. The van der Waals surface area contributed by atoms with Gasteiger partial charge in [-0.1, -0.05) is 17.7 Å². The van der Waals surface area contributed by atoms with E-state index in [2.05, 4.69) is 28.1 Å². The number of hydrogen-bond donors (Lipinski definition) is 2. The number of thiophene rings is 1. The lowest BCUT2D eigenvalue weighted by Crippen LogP contribution is -2.24. The van der Waals surface area contributed by atoms with E-state index in [1.165, 1.54) is 4.88 Å². The molecule has 0 fully saturated rings. The van der Waals surface area contributed by atoms with Gasteiger partial charge in [0.1, 0.15) is 0 Å². The van der Waals surface area contributed by atoms with Crippen LogP contribution in [0.5, 0.6) is 0 Å². The number of rotatable bonds is 1. The van der Waals surface area contributed by atoms with Crippen LogP contribution in [0, 0.1) is 0 Å². The minimum absolute atomic E-state index is 0.355. The van der Waals surface area contributed by atoms with Crippen molar-refractivity contribution in [3.05, 3.63) is 45.6 Å². The first-order valence-corrected chi connectivity index (χ1v) is 6.42. The molecule has 1 aromatic heterocycles. The minimum atomic E-state index is 0.355. The molecular weight excluding hydrogens is 240 g/mol. The van der Waals surface area contributed by atoms with E-state index >= 15 is 0 Å². The van der Waals surface area contributed by atoms with E-state index in [0.29, 0.717) is 6.04 Å². The van der Waals surface area contributed by atoms with Gasteiger partial charge < -0.3 is 10.6 Å². The molecular formula is C12H11ClN2S. The predicted octanol–water partition coefficient (Wildman–Crippen LogP) is 3.98. The highest BCUT2D eigenvalue weighted by Crippen LogP contribution is 2.34. The second-order valence-electron chi connectivity index (χ2n) is 3.78. The molecule has 0 saturated heterocycles. The van der Waals surface area contributed by atoms with Crippen LogP contribution in [0.1, 0.15) is 10.9 Å². The zero-order valence-corrected chi connectivity index (χ0v) is 10.1. The number of benzene rings is 1. The summed E-state index contributed by atoms with van der Waals surface area (Å²) in [6, 6.07) is 10.5. The van der Waals surface area contributed by atoms with Gasteiger partial charge in [-0.25, -0.2) is 0 Å². The molecule has 0 spiro atoms. The van der Waals surface area contributed by atoms with Gasteiger partial charge in [0, 0.05) is 16.4 Å². The summed E-state index contributed by atoms with van der Waals surface area (Å²) in [5.41, 5.74) is 2.20. The lowest BCUT2D eigenvalue weighted by molar-refractivity contribution is 0.820. The summed E-state index contributed by atoms with van der Waals surface area (Å²) in [7, 11) is 0. The molecule has 2 nitrogen and oxygen atoms in total. The molecule has 0 amide bonds. The summed E-state index contributed by atoms with van der Waals surface area (Å²) in [4.78, 5) is 1.35. The summed E-state index contributed by atoms with van der Waals surface area (Å²) in [5, 5.41) is 9.79. The molecule has 1 atom stereocenters. The van der Waals surface area contributed by atoms with E-state index in [0.717, 1.165) is 22.9 Å². The van der Waals surface area contributed by atoms with Crippen molar-refractivity contribution >= 4 is 34.3 Å². The van der Waals surface area contributed by atoms with E-state index < -0.39 is 0 Å². The molecule has 2 N–H and O–H groups in total. The lowest BCUT2D eigenvalue weighted by Gasteiger charge is -2.27. The van der Waals surface area contributed by atoms with Crippen LogP contribution in [0.4, 0.5) is 11.4 Å². The third kappa shape index (κ3) is 1.77. The Morgan fingerprint density at radius 1 is 1.25 bits per heavy atom. The van der Waals surface area contributed by atoms with E-state index in [4.69, 9.17) is 11.6 Å². The van der Waals surface area contributed by atoms with Crippen molar-refractivity contribution < 1.29 is 0 Å². The Morgan fingerprint density at radius 2 is 2.19 bits per heavy atom. The Kier molecular flexibility index (Phi) is 2.50. The molecule has 0 aliphatic carbocycles. The van der Waals surface area contributed by atoms with Crippen LogP contribution < -0.4 is 10.6 Å². The fourth-order valence-corrected chi connectivity index (χ4v) is 2.85. The first-order chi connectivity index (χ1) is 7.83. The second kappa shape index (κ2) is 4.00. The summed E-state index contributed by atoms with van der Waals surface area (Å²) in [6.07, 6.45) is 0. The van der Waals surface area contributed by atoms with Gasteiger partial charge >= 0.3 is 0 Å². The average molecular weight is 251 g/mol. The van der Waals surface area contributed by atoms with Crippen LogP contribution in [0.25, 0.3) is 0 Å². The fraction of sp³-hybridized carbons (Fsp3) is 0.167. The van der Waals surface area contributed by atoms with Crippen LogP contribution in [-0.4, -0.2) is 6.54 Å². The third-order valence-electron chi connectivity index (χ3n) is 2.69. The highest BCUT2D eigenvalue weighted by Gasteiger charge is 2.19. The molecule has 4 heteroatoms. The van der Waals surface area contributed by atoms with Crippen molar-refractivity contribution in [3.63, 3.8) is 0 Å². The van der Waals surface area contributed by atoms with E-state index in [1.807, 2.05) is 18.2 Å². The van der Waals surface area contributed by atoms with Crippen molar-refractivity contribution in [1.82, 2.24) is 0 Å². The summed E-state index contributed by atoms with van der Waals surface area (Å²) >= 11 is 7.73. The van der Waals surface area contributed by atoms with E-state index in [-0.39, 0.29) is 0 Å². The lowest BCUT2D eigenvalue weighted by atomic mass is 10.1. The van der Waals surface area contributed by atoms with Gasteiger partial charge in [0.25, 0.3) is 0 Å². The van der Waals surface area contributed by atoms with Crippen molar-refractivity contribution in [2.45, 2.75) is 6.04 Å². The van der Waals surface area contributed by atoms with Crippen LogP contribution in [0.2, 0.25) is 5.02 Å². The molecule has 1 unspecified atom stereocenters. The molecule has 0 radical (unpaired) electrons. The fourth-order valence-electron chi connectivity index (χ4n) is 1.90. The monoisotopic (exact) mass is 250 g/mol. The van der Waals surface area contributed by atoms with Crippen molar-refractivity contribution in [2.75, 3.05) is 17.2 Å². The molecule has 1 aliphatic heterocycles. The van der Waals surface area contributed by atoms with Crippen LogP contribution in [0.15, 0.2) is 35.7 Å². The maximum Gasteiger partial charge on any atom is 0.0779 e. The molecule has 2 aromatic rings. The van der Waals surface area contributed by atoms with Gasteiger partial charge in [-0.15, -0.1) is 11.3 Å². The smallest absolute Gasteiger partial charge is 0.0779 e. The Balaban J connectivity index is 1.89. The molecule has 0 saturated carbocycles. The number of fused-ring (bicyclic) bond motifs is 1. The Labute approximate surface area is 103 Å². The SMILES string of the molecule is Clc1ccc2c(c1)NCC(c1cccs1)N2. The van der Waals surface area contributed by atoms with E-state index in [1.54, 1.807) is 11.3 Å². The van der Waals surface area contributed by atoms with Crippen LogP contribution in [0.3, 0.4) is 0 Å². The maximum atomic E-state index is 5.95. The second-order valence-corrected chi connectivity index (χ2v) is 5.20. The summed E-state index contributed by atoms with van der Waals surface area (Å²) in [5.74, 6) is 0. The molecule has 82 valence electrons. The number of halogens is 1. The van der Waals surface area contributed by atoms with Gasteiger partial charge in [0.15, 0.2) is 0 Å². The maximum absolute atomic E-state index is 5.95. The van der Waals surface area contributed by atoms with Gasteiger partial charge in [-0.2, -0.15) is 0 Å². The molecule has 3 rings (SSSR count). The quantitative estimate of drug-likeness (QED) is 0.800. The zero-order valence-electron chi connectivity index (χ0n) is 8.53. The predicted molar refractivity (Wildman–Crippen MR) is 70.6 cm³/mol. The van der Waals surface area contributed by atoms with Gasteiger partial charge in [-0.05, 0) is 29.6 Å². The molecule has 16 heavy (non-hydrogen) atoms. The number of hydrogen-bond acceptors (Lipinski definition) is 3. The van der Waals surface area contributed by atoms with Gasteiger partial charge in [0.2, 0.25) is 0 Å². The number of anilines is 2. The summed E-state index contributed by atoms with van der Waals surface area (Å²) in [6.45, 7) is 0.897. The Hall–Kier alpha value is -1.19. The van der Waals surface area contributed by atoms with Crippen molar-refractivity contribution in [2.24, 2.45) is 0 Å². The largest absolute Gasteiger partial charge is 0.381 e. The highest BCUT2D eigenvalue weighted by atomic mass is 35.5. The van der Waals surface area contributed by atoms with Gasteiger partial charge in [0.05, 0.1) is 17.4 Å². The molecule has 1 aromatic carbocycles. The normalized spacial score (nSPS) is 18.4. The standard InChI is InChI=1S/C12H11ClN2S/c13-8-3-4-9-10(6-8)14-7-11(15-9)12-2-1-5-16-12/h1-6,11,14-15H,7H2. The Morgan fingerprint density at radius 3 is 3.00 bits per heavy atom. The van der Waals surface area contributed by atoms with Gasteiger partial charge in [-0.3, -0.25) is 0 Å². The number of nitrogens with one attached hydrogen (secondary N) is 2. The van der Waals surface area contributed by atoms with Crippen molar-refractivity contribution in [1.29, 1.82) is 0 Å². The first kappa shape index (κ1) is 10.00. The van der Waals surface area contributed by atoms with Crippen molar-refractivity contribution in [3.8, 4) is 0 Å². The zero-order chi connectivity index (χ0) is 11.0. The van der Waals surface area contributed by atoms with Crippen LogP contribution in [-0.2, 0) is 0 Å². The molecule has 2 heterocycles. The Bertz CT molecular complexity index is 496. The highest BCUT2D eigenvalue weighted by molar-refractivity contribution is 7.10. The topological polar surface area (TPSA) is 24.1 Å².